The highest BCUT2D eigenvalue weighted by molar-refractivity contribution is 5.77. The third-order valence-electron chi connectivity index (χ3n) is 11.1. The van der Waals surface area contributed by atoms with Gasteiger partial charge in [0.15, 0.2) is 0 Å². The van der Waals surface area contributed by atoms with Gasteiger partial charge < -0.3 is 20.3 Å². The van der Waals surface area contributed by atoms with Gasteiger partial charge in [0.2, 0.25) is 5.91 Å². The molecule has 0 rings (SSSR count). The molecular formula is C52H95NO5. The van der Waals surface area contributed by atoms with E-state index in [1.165, 1.54) is 116 Å². The number of carbonyl (C=O) groups excluding carboxylic acids is 2. The summed E-state index contributed by atoms with van der Waals surface area (Å²) >= 11 is 0. The van der Waals surface area contributed by atoms with E-state index in [1.54, 1.807) is 0 Å². The van der Waals surface area contributed by atoms with Crippen LogP contribution in [0, 0.1) is 0 Å². The van der Waals surface area contributed by atoms with Gasteiger partial charge in [0.25, 0.3) is 0 Å². The molecule has 58 heavy (non-hydrogen) atoms. The van der Waals surface area contributed by atoms with E-state index in [0.717, 1.165) is 83.5 Å². The first-order valence-corrected chi connectivity index (χ1v) is 24.9. The minimum absolute atomic E-state index is 0.0517. The van der Waals surface area contributed by atoms with Gasteiger partial charge in [-0.15, -0.1) is 0 Å². The van der Waals surface area contributed by atoms with Gasteiger partial charge in [-0.2, -0.15) is 0 Å². The zero-order valence-corrected chi connectivity index (χ0v) is 38.4. The van der Waals surface area contributed by atoms with E-state index in [0.29, 0.717) is 19.3 Å². The molecule has 3 atom stereocenters. The van der Waals surface area contributed by atoms with E-state index >= 15 is 0 Å². The van der Waals surface area contributed by atoms with Gasteiger partial charge in [-0.1, -0.05) is 204 Å². The molecule has 0 spiro atoms. The van der Waals surface area contributed by atoms with Crippen LogP contribution in [0.5, 0.6) is 0 Å². The molecule has 6 nitrogen and oxygen atoms in total. The summed E-state index contributed by atoms with van der Waals surface area (Å²) in [5, 5.41) is 23.7. The number of hydrogen-bond acceptors (Lipinski definition) is 5. The topological polar surface area (TPSA) is 95.9 Å². The second-order valence-electron chi connectivity index (χ2n) is 16.8. The number of unbranched alkanes of at least 4 members (excludes halogenated alkanes) is 24. The summed E-state index contributed by atoms with van der Waals surface area (Å²) < 4.78 is 5.90. The van der Waals surface area contributed by atoms with E-state index in [1.807, 2.05) is 0 Å². The summed E-state index contributed by atoms with van der Waals surface area (Å²) in [6.45, 7) is 6.35. The van der Waals surface area contributed by atoms with Crippen LogP contribution < -0.4 is 5.32 Å². The Morgan fingerprint density at radius 1 is 0.517 bits per heavy atom. The first kappa shape index (κ1) is 55.8. The number of nitrogens with one attached hydrogen (secondary N) is 1. The third kappa shape index (κ3) is 40.6. The Balaban J connectivity index is 4.58. The van der Waals surface area contributed by atoms with Crippen molar-refractivity contribution in [1.82, 2.24) is 5.32 Å². The molecule has 3 unspecified atom stereocenters. The van der Waals surface area contributed by atoms with Crippen LogP contribution >= 0.6 is 0 Å². The SMILES string of the molecule is CC/C=C/C/C=C/C/C=C/CCCCCCCCC(=O)OC(CCC/C=C\CCCCCCCC)CC(=O)NC(CO)C(O)CCCCCCCCCCCCCC. The van der Waals surface area contributed by atoms with E-state index in [2.05, 4.69) is 74.7 Å². The largest absolute Gasteiger partial charge is 0.462 e. The molecule has 0 saturated heterocycles. The number of carbonyl (C=O) groups is 2. The van der Waals surface area contributed by atoms with E-state index in [4.69, 9.17) is 4.74 Å². The van der Waals surface area contributed by atoms with Crippen molar-refractivity contribution >= 4 is 11.9 Å². The average molecular weight is 814 g/mol. The molecule has 1 amide bonds. The Kier molecular flexibility index (Phi) is 44.2. The first-order chi connectivity index (χ1) is 28.5. The minimum atomic E-state index is -0.795. The molecule has 0 saturated carbocycles. The van der Waals surface area contributed by atoms with E-state index in [-0.39, 0.29) is 24.9 Å². The summed E-state index contributed by atoms with van der Waals surface area (Å²) in [6, 6.07) is -0.711. The lowest BCUT2D eigenvalue weighted by molar-refractivity contribution is -0.151. The third-order valence-corrected chi connectivity index (χ3v) is 11.1. The van der Waals surface area contributed by atoms with Gasteiger partial charge in [-0.3, -0.25) is 9.59 Å². The molecule has 0 aromatic carbocycles. The molecule has 0 aliphatic carbocycles. The van der Waals surface area contributed by atoms with Gasteiger partial charge >= 0.3 is 5.97 Å². The van der Waals surface area contributed by atoms with Crippen molar-refractivity contribution in [3.63, 3.8) is 0 Å². The fourth-order valence-corrected chi connectivity index (χ4v) is 7.39. The van der Waals surface area contributed by atoms with Crippen LogP contribution in [-0.4, -0.2) is 46.9 Å². The molecule has 0 aliphatic rings. The number of esters is 1. The molecule has 0 aromatic heterocycles. The van der Waals surface area contributed by atoms with Crippen molar-refractivity contribution in [2.24, 2.45) is 0 Å². The predicted octanol–water partition coefficient (Wildman–Crippen LogP) is 14.7. The van der Waals surface area contributed by atoms with Crippen LogP contribution in [0.25, 0.3) is 0 Å². The van der Waals surface area contributed by atoms with Crippen molar-refractivity contribution in [3.05, 3.63) is 48.6 Å². The van der Waals surface area contributed by atoms with Crippen molar-refractivity contribution in [2.75, 3.05) is 6.61 Å². The number of aliphatic hydroxyl groups excluding tert-OH is 2. The van der Waals surface area contributed by atoms with E-state index in [9.17, 15) is 19.8 Å². The Bertz CT molecular complexity index is 1000. The van der Waals surface area contributed by atoms with Crippen LogP contribution in [0.3, 0.4) is 0 Å². The minimum Gasteiger partial charge on any atom is -0.462 e. The molecule has 338 valence electrons. The summed E-state index contributed by atoms with van der Waals surface area (Å²) in [5.74, 6) is -0.516. The Labute approximate surface area is 359 Å². The van der Waals surface area contributed by atoms with E-state index < -0.39 is 18.2 Å². The van der Waals surface area contributed by atoms with Gasteiger partial charge in [-0.05, 0) is 77.0 Å². The van der Waals surface area contributed by atoms with Gasteiger partial charge in [0.1, 0.15) is 6.10 Å². The van der Waals surface area contributed by atoms with Crippen LogP contribution in [-0.2, 0) is 14.3 Å². The van der Waals surface area contributed by atoms with Crippen molar-refractivity contribution < 1.29 is 24.5 Å². The van der Waals surface area contributed by atoms with Gasteiger partial charge in [0.05, 0.1) is 25.2 Å². The lowest BCUT2D eigenvalue weighted by Crippen LogP contribution is -2.46. The zero-order chi connectivity index (χ0) is 42.4. The van der Waals surface area contributed by atoms with Crippen molar-refractivity contribution in [2.45, 2.75) is 264 Å². The highest BCUT2D eigenvalue weighted by Gasteiger charge is 2.24. The summed E-state index contributed by atoms with van der Waals surface area (Å²) in [6.07, 6.45) is 54.6. The quantitative estimate of drug-likeness (QED) is 0.0323. The van der Waals surface area contributed by atoms with Crippen LogP contribution in [0.4, 0.5) is 0 Å². The lowest BCUT2D eigenvalue weighted by Gasteiger charge is -2.24. The van der Waals surface area contributed by atoms with Crippen molar-refractivity contribution in [3.8, 4) is 0 Å². The molecular weight excluding hydrogens is 719 g/mol. The maximum absolute atomic E-state index is 13.2. The smallest absolute Gasteiger partial charge is 0.306 e. The number of ether oxygens (including phenoxy) is 1. The molecule has 6 heteroatoms. The zero-order valence-electron chi connectivity index (χ0n) is 38.4. The Morgan fingerprint density at radius 3 is 1.47 bits per heavy atom. The fraction of sp³-hybridized carbons (Fsp3) is 0.808. The number of rotatable bonds is 44. The number of aliphatic hydroxyl groups is 2. The second-order valence-corrected chi connectivity index (χ2v) is 16.8. The summed E-state index contributed by atoms with van der Waals surface area (Å²) in [5.41, 5.74) is 0. The lowest BCUT2D eigenvalue weighted by atomic mass is 10.0. The first-order valence-electron chi connectivity index (χ1n) is 24.9. The highest BCUT2D eigenvalue weighted by Crippen LogP contribution is 2.17. The summed E-state index contributed by atoms with van der Waals surface area (Å²) in [4.78, 5) is 26.1. The predicted molar refractivity (Wildman–Crippen MR) is 250 cm³/mol. The van der Waals surface area contributed by atoms with Crippen LogP contribution in [0.2, 0.25) is 0 Å². The fourth-order valence-electron chi connectivity index (χ4n) is 7.39. The average Bonchev–Trinajstić information content (AvgIpc) is 3.22. The number of allylic oxidation sites excluding steroid dienone is 8. The Morgan fingerprint density at radius 2 is 0.948 bits per heavy atom. The van der Waals surface area contributed by atoms with Gasteiger partial charge in [-0.25, -0.2) is 0 Å². The molecule has 0 heterocycles. The molecule has 3 N–H and O–H groups in total. The standard InChI is InChI=1S/C52H95NO5/c1-4-7-10-13-16-19-22-24-25-26-27-30-33-36-39-42-45-52(57)58-48(43-40-37-34-31-28-21-18-15-12-9-6-3)46-51(56)53-49(47-54)50(55)44-41-38-35-32-29-23-20-17-14-11-8-5-2/h7,10,16,19,24-25,31,34,48-50,54-55H,4-6,8-9,11-15,17-18,20-23,26-30,32-33,35-47H2,1-3H3,(H,53,56)/b10-7+,19-16+,25-24+,34-31-. The maximum Gasteiger partial charge on any atom is 0.306 e. The highest BCUT2D eigenvalue weighted by atomic mass is 16.5. The van der Waals surface area contributed by atoms with Crippen LogP contribution in [0.15, 0.2) is 48.6 Å². The van der Waals surface area contributed by atoms with Crippen molar-refractivity contribution in [1.29, 1.82) is 0 Å². The molecule has 0 bridgehead atoms. The van der Waals surface area contributed by atoms with Crippen LogP contribution in [0.1, 0.15) is 245 Å². The van der Waals surface area contributed by atoms with Gasteiger partial charge in [0, 0.05) is 6.42 Å². The molecule has 0 aromatic rings. The monoisotopic (exact) mass is 814 g/mol. The summed E-state index contributed by atoms with van der Waals surface area (Å²) in [7, 11) is 0. The maximum atomic E-state index is 13.2. The second kappa shape index (κ2) is 45.9. The molecule has 0 fully saturated rings. The molecule has 0 radical (unpaired) electrons. The molecule has 0 aliphatic heterocycles. The Hall–Kier alpha value is -2.18. The number of amides is 1. The number of hydrogen-bond donors (Lipinski definition) is 3. The normalized spacial score (nSPS) is 13.7.